The van der Waals surface area contributed by atoms with Gasteiger partial charge < -0.3 is 5.73 Å². The third-order valence-electron chi connectivity index (χ3n) is 4.45. The van der Waals surface area contributed by atoms with Gasteiger partial charge in [-0.2, -0.15) is 0 Å². The van der Waals surface area contributed by atoms with Gasteiger partial charge in [-0.25, -0.2) is 0 Å². The highest BCUT2D eigenvalue weighted by Gasteiger charge is 2.38. The summed E-state index contributed by atoms with van der Waals surface area (Å²) in [5, 5.41) is 0. The first-order valence-electron chi connectivity index (χ1n) is 6.73. The van der Waals surface area contributed by atoms with E-state index in [0.29, 0.717) is 12.6 Å². The van der Waals surface area contributed by atoms with E-state index in [2.05, 4.69) is 22.0 Å². The van der Waals surface area contributed by atoms with Crippen LogP contribution in [-0.2, 0) is 0 Å². The van der Waals surface area contributed by atoms with Crippen LogP contribution in [0, 0.1) is 11.8 Å². The molecule has 1 aromatic rings. The lowest BCUT2D eigenvalue weighted by Gasteiger charge is -2.26. The minimum atomic E-state index is 0.321. The molecule has 2 fully saturated rings. The monoisotopic (exact) mass is 231 g/mol. The molecule has 0 amide bonds. The van der Waals surface area contributed by atoms with Crippen LogP contribution >= 0.6 is 0 Å². The molecule has 3 rings (SSSR count). The number of pyridine rings is 1. The Kier molecular flexibility index (Phi) is 3.12. The number of hydrogen-bond acceptors (Lipinski definition) is 3. The van der Waals surface area contributed by atoms with Gasteiger partial charge in [-0.1, -0.05) is 12.5 Å². The number of aromatic nitrogens is 1. The molecule has 1 saturated heterocycles. The predicted octanol–water partition coefficient (Wildman–Crippen LogP) is 1.81. The van der Waals surface area contributed by atoms with E-state index in [-0.39, 0.29) is 0 Å². The zero-order valence-corrected chi connectivity index (χ0v) is 10.3. The van der Waals surface area contributed by atoms with E-state index < -0.39 is 0 Å². The number of rotatable bonds is 3. The Morgan fingerprint density at radius 3 is 2.65 bits per heavy atom. The predicted molar refractivity (Wildman–Crippen MR) is 68.4 cm³/mol. The molecule has 1 saturated carbocycles. The van der Waals surface area contributed by atoms with Crippen LogP contribution in [0.25, 0.3) is 0 Å². The number of nitrogens with zero attached hydrogens (tertiary/aromatic N) is 2. The molecule has 0 aromatic carbocycles. The standard InChI is InChI=1S/C14H21N3/c15-8-14(13-6-1-2-7-16-13)17-9-11-4-3-5-12(11)10-17/h1-2,6-7,11-12,14H,3-5,8-10,15H2. The van der Waals surface area contributed by atoms with Gasteiger partial charge in [0.25, 0.3) is 0 Å². The van der Waals surface area contributed by atoms with E-state index >= 15 is 0 Å². The maximum absolute atomic E-state index is 5.95. The average Bonchev–Trinajstić information content (AvgIpc) is 2.92. The molecule has 1 aliphatic heterocycles. The molecule has 3 atom stereocenters. The Labute approximate surface area is 103 Å². The molecule has 2 heterocycles. The van der Waals surface area contributed by atoms with Crippen LogP contribution < -0.4 is 5.73 Å². The lowest BCUT2D eigenvalue weighted by molar-refractivity contribution is 0.227. The fourth-order valence-corrected chi connectivity index (χ4v) is 3.56. The molecular formula is C14H21N3. The summed E-state index contributed by atoms with van der Waals surface area (Å²) in [5.74, 6) is 1.85. The number of hydrogen-bond donors (Lipinski definition) is 1. The van der Waals surface area contributed by atoms with E-state index in [1.165, 1.54) is 32.4 Å². The summed E-state index contributed by atoms with van der Waals surface area (Å²) in [5.41, 5.74) is 7.09. The molecule has 3 unspecified atom stereocenters. The van der Waals surface area contributed by atoms with Crippen LogP contribution in [0.3, 0.4) is 0 Å². The maximum Gasteiger partial charge on any atom is 0.0644 e. The van der Waals surface area contributed by atoms with Gasteiger partial charge in [-0.3, -0.25) is 9.88 Å². The molecular weight excluding hydrogens is 210 g/mol. The van der Waals surface area contributed by atoms with E-state index in [1.807, 2.05) is 12.3 Å². The fourth-order valence-electron chi connectivity index (χ4n) is 3.56. The van der Waals surface area contributed by atoms with Gasteiger partial charge in [0.1, 0.15) is 0 Å². The first-order chi connectivity index (χ1) is 8.38. The summed E-state index contributed by atoms with van der Waals surface area (Å²) in [6.45, 7) is 3.13. The van der Waals surface area contributed by atoms with E-state index in [4.69, 9.17) is 5.73 Å². The second kappa shape index (κ2) is 4.75. The van der Waals surface area contributed by atoms with Crippen LogP contribution in [0.2, 0.25) is 0 Å². The van der Waals surface area contributed by atoms with Crippen molar-refractivity contribution in [1.29, 1.82) is 0 Å². The summed E-state index contributed by atoms with van der Waals surface area (Å²) >= 11 is 0. The zero-order chi connectivity index (χ0) is 11.7. The molecule has 2 N–H and O–H groups in total. The van der Waals surface area contributed by atoms with Crippen molar-refractivity contribution in [2.24, 2.45) is 17.6 Å². The van der Waals surface area contributed by atoms with E-state index in [9.17, 15) is 0 Å². The molecule has 3 heteroatoms. The summed E-state index contributed by atoms with van der Waals surface area (Å²) in [4.78, 5) is 7.02. The lowest BCUT2D eigenvalue weighted by atomic mass is 10.0. The topological polar surface area (TPSA) is 42.1 Å². The molecule has 0 spiro atoms. The van der Waals surface area contributed by atoms with Gasteiger partial charge in [0.15, 0.2) is 0 Å². The highest BCUT2D eigenvalue weighted by molar-refractivity contribution is 5.10. The van der Waals surface area contributed by atoms with Gasteiger partial charge in [0, 0.05) is 25.8 Å². The molecule has 0 radical (unpaired) electrons. The normalized spacial score (nSPS) is 30.4. The van der Waals surface area contributed by atoms with Crippen LogP contribution in [0.5, 0.6) is 0 Å². The Hall–Kier alpha value is -0.930. The Morgan fingerprint density at radius 1 is 1.29 bits per heavy atom. The summed E-state index contributed by atoms with van der Waals surface area (Å²) in [7, 11) is 0. The maximum atomic E-state index is 5.95. The average molecular weight is 231 g/mol. The van der Waals surface area contributed by atoms with E-state index in [1.54, 1.807) is 0 Å². The third-order valence-corrected chi connectivity index (χ3v) is 4.45. The zero-order valence-electron chi connectivity index (χ0n) is 10.3. The van der Waals surface area contributed by atoms with Crippen molar-refractivity contribution >= 4 is 0 Å². The number of fused-ring (bicyclic) bond motifs is 1. The SMILES string of the molecule is NCC(c1ccccn1)N1CC2CCCC2C1. The largest absolute Gasteiger partial charge is 0.329 e. The van der Waals surface area contributed by atoms with Crippen LogP contribution in [0.1, 0.15) is 31.0 Å². The first-order valence-corrected chi connectivity index (χ1v) is 6.73. The van der Waals surface area contributed by atoms with Crippen molar-refractivity contribution < 1.29 is 0 Å². The Balaban J connectivity index is 1.74. The molecule has 92 valence electrons. The Bertz CT molecular complexity index is 353. The second-order valence-corrected chi connectivity index (χ2v) is 5.41. The van der Waals surface area contributed by atoms with Gasteiger partial charge in [-0.05, 0) is 36.8 Å². The van der Waals surface area contributed by atoms with Crippen molar-refractivity contribution in [3.8, 4) is 0 Å². The summed E-state index contributed by atoms with van der Waals surface area (Å²) < 4.78 is 0. The first kappa shape index (κ1) is 11.2. The van der Waals surface area contributed by atoms with Gasteiger partial charge >= 0.3 is 0 Å². The number of nitrogens with two attached hydrogens (primary N) is 1. The molecule has 3 nitrogen and oxygen atoms in total. The van der Waals surface area contributed by atoms with Crippen LogP contribution in [-0.4, -0.2) is 29.5 Å². The smallest absolute Gasteiger partial charge is 0.0644 e. The molecule has 1 aromatic heterocycles. The van der Waals surface area contributed by atoms with Crippen molar-refractivity contribution in [2.45, 2.75) is 25.3 Å². The molecule has 1 aliphatic carbocycles. The van der Waals surface area contributed by atoms with Crippen molar-refractivity contribution in [3.05, 3.63) is 30.1 Å². The fraction of sp³-hybridized carbons (Fsp3) is 0.643. The van der Waals surface area contributed by atoms with Gasteiger partial charge in [0.05, 0.1) is 11.7 Å². The highest BCUT2D eigenvalue weighted by atomic mass is 15.2. The Morgan fingerprint density at radius 2 is 2.06 bits per heavy atom. The van der Waals surface area contributed by atoms with Crippen LogP contribution in [0.15, 0.2) is 24.4 Å². The van der Waals surface area contributed by atoms with E-state index in [0.717, 1.165) is 17.5 Å². The quantitative estimate of drug-likeness (QED) is 0.862. The molecule has 0 bridgehead atoms. The number of likely N-dealkylation sites (tertiary alicyclic amines) is 1. The summed E-state index contributed by atoms with van der Waals surface area (Å²) in [6, 6.07) is 6.45. The minimum absolute atomic E-state index is 0.321. The van der Waals surface area contributed by atoms with Crippen LogP contribution in [0.4, 0.5) is 0 Å². The van der Waals surface area contributed by atoms with Gasteiger partial charge in [-0.15, -0.1) is 0 Å². The summed E-state index contributed by atoms with van der Waals surface area (Å²) in [6.07, 6.45) is 6.14. The highest BCUT2D eigenvalue weighted by Crippen LogP contribution is 2.40. The lowest BCUT2D eigenvalue weighted by Crippen LogP contribution is -2.33. The second-order valence-electron chi connectivity index (χ2n) is 5.41. The van der Waals surface area contributed by atoms with Crippen molar-refractivity contribution in [3.63, 3.8) is 0 Å². The molecule has 17 heavy (non-hydrogen) atoms. The minimum Gasteiger partial charge on any atom is -0.329 e. The van der Waals surface area contributed by atoms with Gasteiger partial charge in [0.2, 0.25) is 0 Å². The van der Waals surface area contributed by atoms with Crippen molar-refractivity contribution in [2.75, 3.05) is 19.6 Å². The third kappa shape index (κ3) is 2.09. The van der Waals surface area contributed by atoms with Crippen molar-refractivity contribution in [1.82, 2.24) is 9.88 Å². The molecule has 2 aliphatic rings.